The second kappa shape index (κ2) is 12.6. The minimum Gasteiger partial charge on any atom is -0.497 e. The summed E-state index contributed by atoms with van der Waals surface area (Å²) in [5.74, 6) is -0.244. The fraction of sp³-hybridized carbons (Fsp3) is 0.355. The lowest BCUT2D eigenvalue weighted by atomic mass is 10.1. The Morgan fingerprint density at radius 3 is 2.23 bits per heavy atom. The molecule has 0 unspecified atom stereocenters. The molecule has 1 N–H and O–H groups in total. The summed E-state index contributed by atoms with van der Waals surface area (Å²) in [4.78, 5) is 28.8. The number of aryl methyl sites for hydroxylation is 2. The van der Waals surface area contributed by atoms with Crippen LogP contribution in [-0.4, -0.2) is 50.4 Å². The summed E-state index contributed by atoms with van der Waals surface area (Å²) >= 11 is 0. The van der Waals surface area contributed by atoms with Crippen molar-refractivity contribution in [3.05, 3.63) is 89.5 Å². The van der Waals surface area contributed by atoms with Crippen molar-refractivity contribution in [1.29, 1.82) is 0 Å². The van der Waals surface area contributed by atoms with Gasteiger partial charge in [0.1, 0.15) is 18.3 Å². The van der Waals surface area contributed by atoms with E-state index in [1.54, 1.807) is 56.5 Å². The summed E-state index contributed by atoms with van der Waals surface area (Å²) < 4.78 is 34.3. The predicted molar refractivity (Wildman–Crippen MR) is 158 cm³/mol. The van der Waals surface area contributed by atoms with Crippen molar-refractivity contribution in [3.63, 3.8) is 0 Å². The van der Waals surface area contributed by atoms with Crippen molar-refractivity contribution in [2.45, 2.75) is 64.6 Å². The van der Waals surface area contributed by atoms with E-state index in [2.05, 4.69) is 5.32 Å². The SMILES string of the molecule is COc1cccc(CN(C(=O)CN(c2ccc(C)cc2C)S(=O)(=O)c2ccccc2)[C@H](C)C(=O)NC(C)(C)C)c1. The van der Waals surface area contributed by atoms with Crippen molar-refractivity contribution in [1.82, 2.24) is 10.2 Å². The van der Waals surface area contributed by atoms with Gasteiger partial charge in [-0.2, -0.15) is 0 Å². The summed E-state index contributed by atoms with van der Waals surface area (Å²) in [7, 11) is -2.56. The maximum absolute atomic E-state index is 14.1. The van der Waals surface area contributed by atoms with Gasteiger partial charge < -0.3 is 15.0 Å². The summed E-state index contributed by atoms with van der Waals surface area (Å²) in [6, 6.07) is 19.8. The van der Waals surface area contributed by atoms with E-state index in [0.29, 0.717) is 17.0 Å². The summed E-state index contributed by atoms with van der Waals surface area (Å²) in [6.45, 7) is 10.6. The van der Waals surface area contributed by atoms with Gasteiger partial charge >= 0.3 is 0 Å². The van der Waals surface area contributed by atoms with Gasteiger partial charge in [-0.25, -0.2) is 8.42 Å². The zero-order chi connectivity index (χ0) is 29.7. The molecule has 1 atom stereocenters. The van der Waals surface area contributed by atoms with Crippen molar-refractivity contribution in [3.8, 4) is 5.75 Å². The van der Waals surface area contributed by atoms with Gasteiger partial charge in [0.2, 0.25) is 11.8 Å². The normalized spacial score (nSPS) is 12.4. The third-order valence-corrected chi connectivity index (χ3v) is 8.16. The number of nitrogens with zero attached hydrogens (tertiary/aromatic N) is 2. The van der Waals surface area contributed by atoms with Crippen LogP contribution >= 0.6 is 0 Å². The van der Waals surface area contributed by atoms with Crippen LogP contribution in [0.5, 0.6) is 5.75 Å². The van der Waals surface area contributed by atoms with Crippen LogP contribution in [0.1, 0.15) is 44.4 Å². The smallest absolute Gasteiger partial charge is 0.264 e. The van der Waals surface area contributed by atoms with E-state index < -0.39 is 34.1 Å². The lowest BCUT2D eigenvalue weighted by Gasteiger charge is -2.34. The second-order valence-electron chi connectivity index (χ2n) is 10.9. The Hall–Kier alpha value is -3.85. The molecule has 0 radical (unpaired) electrons. The van der Waals surface area contributed by atoms with Crippen LogP contribution in [0.4, 0.5) is 5.69 Å². The molecule has 0 saturated heterocycles. The van der Waals surface area contributed by atoms with Crippen LogP contribution in [0.15, 0.2) is 77.7 Å². The summed E-state index contributed by atoms with van der Waals surface area (Å²) in [6.07, 6.45) is 0. The highest BCUT2D eigenvalue weighted by Crippen LogP contribution is 2.28. The summed E-state index contributed by atoms with van der Waals surface area (Å²) in [5, 5.41) is 2.93. The average molecular weight is 566 g/mol. The molecule has 0 spiro atoms. The highest BCUT2D eigenvalue weighted by atomic mass is 32.2. The molecule has 3 aromatic carbocycles. The molecule has 0 aliphatic heterocycles. The number of ether oxygens (including phenoxy) is 1. The van der Waals surface area contributed by atoms with Gasteiger partial charge in [0, 0.05) is 12.1 Å². The van der Waals surface area contributed by atoms with Crippen LogP contribution in [0.3, 0.4) is 0 Å². The zero-order valence-corrected chi connectivity index (χ0v) is 25.1. The number of hydrogen-bond acceptors (Lipinski definition) is 5. The van der Waals surface area contributed by atoms with Crippen molar-refractivity contribution in [2.75, 3.05) is 18.0 Å². The molecule has 3 rings (SSSR count). The van der Waals surface area contributed by atoms with Gasteiger partial charge in [0.15, 0.2) is 0 Å². The molecule has 214 valence electrons. The largest absolute Gasteiger partial charge is 0.497 e. The maximum atomic E-state index is 14.1. The Labute approximate surface area is 238 Å². The van der Waals surface area contributed by atoms with Crippen molar-refractivity contribution < 1.29 is 22.7 Å². The number of amides is 2. The number of rotatable bonds is 10. The maximum Gasteiger partial charge on any atom is 0.264 e. The first-order chi connectivity index (χ1) is 18.7. The summed E-state index contributed by atoms with van der Waals surface area (Å²) in [5.41, 5.74) is 2.31. The topological polar surface area (TPSA) is 96.0 Å². The third-order valence-electron chi connectivity index (χ3n) is 6.38. The van der Waals surface area contributed by atoms with Crippen LogP contribution in [-0.2, 0) is 26.2 Å². The first-order valence-electron chi connectivity index (χ1n) is 13.1. The number of sulfonamides is 1. The van der Waals surface area contributed by atoms with E-state index in [0.717, 1.165) is 15.4 Å². The first-order valence-corrected chi connectivity index (χ1v) is 14.6. The number of carbonyl (C=O) groups is 2. The molecule has 40 heavy (non-hydrogen) atoms. The Balaban J connectivity index is 2.07. The van der Waals surface area contributed by atoms with Crippen molar-refractivity contribution >= 4 is 27.5 Å². The number of benzene rings is 3. The lowest BCUT2D eigenvalue weighted by Crippen LogP contribution is -2.54. The number of anilines is 1. The average Bonchev–Trinajstić information content (AvgIpc) is 2.90. The fourth-order valence-electron chi connectivity index (χ4n) is 4.34. The van der Waals surface area contributed by atoms with Gasteiger partial charge in [-0.1, -0.05) is 48.0 Å². The van der Waals surface area contributed by atoms with Gasteiger partial charge in [0.25, 0.3) is 10.0 Å². The molecule has 0 fully saturated rings. The molecule has 0 aliphatic carbocycles. The Morgan fingerprint density at radius 1 is 0.950 bits per heavy atom. The van der Waals surface area contributed by atoms with E-state index in [-0.39, 0.29) is 17.3 Å². The van der Waals surface area contributed by atoms with E-state index in [9.17, 15) is 18.0 Å². The lowest BCUT2D eigenvalue weighted by molar-refractivity contribution is -0.140. The Morgan fingerprint density at radius 2 is 1.62 bits per heavy atom. The Bertz CT molecular complexity index is 1450. The molecule has 8 nitrogen and oxygen atoms in total. The Kier molecular flexibility index (Phi) is 9.63. The zero-order valence-electron chi connectivity index (χ0n) is 24.3. The standard InChI is InChI=1S/C31H39N3O5S/c1-22-16-17-28(23(2)18-22)34(40(37,38)27-14-9-8-10-15-27)21-29(35)33(24(3)30(36)32-31(4,5)6)20-25-12-11-13-26(19-25)39-7/h8-19,24H,20-21H2,1-7H3,(H,32,36)/t24-/m1/s1. The highest BCUT2D eigenvalue weighted by molar-refractivity contribution is 7.92. The van der Waals surface area contributed by atoms with Gasteiger partial charge in [-0.3, -0.25) is 13.9 Å². The van der Waals surface area contributed by atoms with Crippen LogP contribution in [0, 0.1) is 13.8 Å². The second-order valence-corrected chi connectivity index (χ2v) is 12.8. The molecule has 2 amide bonds. The quantitative estimate of drug-likeness (QED) is 0.380. The van der Waals surface area contributed by atoms with Crippen LogP contribution in [0.25, 0.3) is 0 Å². The molecule has 0 aliphatic rings. The van der Waals surface area contributed by atoms with Crippen LogP contribution < -0.4 is 14.4 Å². The number of methoxy groups -OCH3 is 1. The van der Waals surface area contributed by atoms with Crippen molar-refractivity contribution in [2.24, 2.45) is 0 Å². The van der Waals surface area contributed by atoms with E-state index >= 15 is 0 Å². The monoisotopic (exact) mass is 565 g/mol. The van der Waals surface area contributed by atoms with Gasteiger partial charge in [-0.05, 0) is 83.0 Å². The van der Waals surface area contributed by atoms with E-state index in [1.165, 1.54) is 17.0 Å². The first kappa shape index (κ1) is 30.7. The minimum atomic E-state index is -4.11. The molecule has 3 aromatic rings. The molecule has 0 heterocycles. The molecular weight excluding hydrogens is 526 g/mol. The third kappa shape index (κ3) is 7.63. The molecule has 0 bridgehead atoms. The molecule has 9 heteroatoms. The number of nitrogens with one attached hydrogen (secondary N) is 1. The van der Waals surface area contributed by atoms with Crippen LogP contribution in [0.2, 0.25) is 0 Å². The van der Waals surface area contributed by atoms with E-state index in [4.69, 9.17) is 4.74 Å². The van der Waals surface area contributed by atoms with Gasteiger partial charge in [-0.15, -0.1) is 0 Å². The molecule has 0 saturated carbocycles. The van der Waals surface area contributed by atoms with Gasteiger partial charge in [0.05, 0.1) is 17.7 Å². The number of carbonyl (C=O) groups excluding carboxylic acids is 2. The number of hydrogen-bond donors (Lipinski definition) is 1. The fourth-order valence-corrected chi connectivity index (χ4v) is 5.84. The minimum absolute atomic E-state index is 0.0700. The molecule has 0 aromatic heterocycles. The molecular formula is C31H39N3O5S. The highest BCUT2D eigenvalue weighted by Gasteiger charge is 2.33. The predicted octanol–water partition coefficient (Wildman–Crippen LogP) is 4.84. The van der Waals surface area contributed by atoms with E-state index in [1.807, 2.05) is 52.8 Å².